The summed E-state index contributed by atoms with van der Waals surface area (Å²) in [4.78, 5) is 33.0. The summed E-state index contributed by atoms with van der Waals surface area (Å²) in [5.41, 5.74) is 2.35. The molecule has 1 aliphatic rings. The number of likely N-dealkylation sites (N-methyl/N-ethyl adjacent to an activating group) is 1. The first-order valence-corrected chi connectivity index (χ1v) is 13.1. The van der Waals surface area contributed by atoms with Gasteiger partial charge in [0, 0.05) is 38.9 Å². The third-order valence-electron chi connectivity index (χ3n) is 6.57. The van der Waals surface area contributed by atoms with Gasteiger partial charge in [-0.2, -0.15) is 4.98 Å². The molecule has 0 spiro atoms. The summed E-state index contributed by atoms with van der Waals surface area (Å²) in [6.07, 6.45) is 0. The lowest BCUT2D eigenvalue weighted by atomic mass is 10.2. The van der Waals surface area contributed by atoms with E-state index in [9.17, 15) is 18.0 Å². The van der Waals surface area contributed by atoms with E-state index in [0.29, 0.717) is 36.1 Å². The zero-order chi connectivity index (χ0) is 25.6. The summed E-state index contributed by atoms with van der Waals surface area (Å²) in [5.74, 6) is -0.0192. The van der Waals surface area contributed by atoms with Crippen molar-refractivity contribution in [1.82, 2.24) is 30.0 Å². The van der Waals surface area contributed by atoms with Crippen LogP contribution in [0.4, 0.5) is 5.69 Å². The molecule has 2 aromatic carbocycles. The van der Waals surface area contributed by atoms with Crippen LogP contribution in [0.5, 0.6) is 0 Å². The number of hydrogen-bond acceptors (Lipinski definition) is 8. The van der Waals surface area contributed by atoms with Crippen LogP contribution in [0.1, 0.15) is 11.1 Å². The molecule has 3 heterocycles. The number of aromatic nitrogens is 4. The van der Waals surface area contributed by atoms with Crippen LogP contribution >= 0.6 is 0 Å². The van der Waals surface area contributed by atoms with Gasteiger partial charge in [0.15, 0.2) is 5.65 Å². The van der Waals surface area contributed by atoms with E-state index in [1.165, 1.54) is 4.52 Å². The first-order valence-electron chi connectivity index (χ1n) is 11.6. The highest BCUT2D eigenvalue weighted by molar-refractivity contribution is 7.91. The van der Waals surface area contributed by atoms with Crippen molar-refractivity contribution >= 4 is 38.0 Å². The maximum atomic E-state index is 13.5. The number of aryl methyl sites for hydroxylation is 2. The molecule has 2 aromatic heterocycles. The minimum atomic E-state index is -4.02. The van der Waals surface area contributed by atoms with E-state index >= 15 is 0 Å². The number of benzene rings is 2. The number of H-pyrrole nitrogens is 1. The van der Waals surface area contributed by atoms with Crippen LogP contribution in [0.15, 0.2) is 51.1 Å². The molecule has 188 valence electrons. The summed E-state index contributed by atoms with van der Waals surface area (Å²) in [7, 11) is -2.39. The SMILES string of the molecule is CNC(=O)CN1CCN(c2ccc3c(=O)nc4c(S(=O)(=O)c5ccc(C)cc5C)n[nH]n4c3c2)CC1. The largest absolute Gasteiger partial charge is 0.369 e. The Labute approximate surface area is 207 Å². The Kier molecular flexibility index (Phi) is 6.00. The molecule has 0 radical (unpaired) electrons. The van der Waals surface area contributed by atoms with Gasteiger partial charge in [-0.15, -0.1) is 5.10 Å². The Hall–Kier alpha value is -3.77. The molecule has 0 saturated carbocycles. The second-order valence-corrected chi connectivity index (χ2v) is 10.8. The van der Waals surface area contributed by atoms with E-state index < -0.39 is 15.4 Å². The number of piperazine rings is 1. The van der Waals surface area contributed by atoms with Crippen LogP contribution in [0.25, 0.3) is 16.6 Å². The van der Waals surface area contributed by atoms with E-state index in [1.807, 2.05) is 19.1 Å². The molecule has 0 bridgehead atoms. The number of rotatable bonds is 5. The Morgan fingerprint density at radius 3 is 2.53 bits per heavy atom. The highest BCUT2D eigenvalue weighted by Gasteiger charge is 2.28. The number of anilines is 1. The Morgan fingerprint density at radius 1 is 1.08 bits per heavy atom. The maximum Gasteiger partial charge on any atom is 0.281 e. The van der Waals surface area contributed by atoms with Gasteiger partial charge in [0.25, 0.3) is 5.56 Å². The molecule has 1 saturated heterocycles. The molecule has 0 aliphatic carbocycles. The van der Waals surface area contributed by atoms with Crippen LogP contribution in [0.2, 0.25) is 0 Å². The van der Waals surface area contributed by atoms with Crippen LogP contribution in [0, 0.1) is 13.8 Å². The van der Waals surface area contributed by atoms with Crippen molar-refractivity contribution in [3.05, 3.63) is 57.9 Å². The molecule has 1 amide bonds. The van der Waals surface area contributed by atoms with Gasteiger partial charge < -0.3 is 10.2 Å². The monoisotopic (exact) mass is 509 g/mol. The van der Waals surface area contributed by atoms with E-state index in [0.717, 1.165) is 24.3 Å². The third-order valence-corrected chi connectivity index (χ3v) is 8.39. The summed E-state index contributed by atoms with van der Waals surface area (Å²) < 4.78 is 28.3. The average molecular weight is 510 g/mol. The number of nitrogens with one attached hydrogen (secondary N) is 2. The van der Waals surface area contributed by atoms with Gasteiger partial charge in [-0.25, -0.2) is 18.1 Å². The normalized spacial score (nSPS) is 15.0. The minimum Gasteiger partial charge on any atom is -0.369 e. The molecule has 1 fully saturated rings. The van der Waals surface area contributed by atoms with Gasteiger partial charge in [0.2, 0.25) is 20.8 Å². The number of hydrogen-bond donors (Lipinski definition) is 2. The minimum absolute atomic E-state index is 0.0192. The van der Waals surface area contributed by atoms with Crippen molar-refractivity contribution in [2.45, 2.75) is 23.8 Å². The van der Waals surface area contributed by atoms with Crippen molar-refractivity contribution in [2.75, 3.05) is 44.7 Å². The molecule has 5 rings (SSSR count). The number of nitrogens with zero attached hydrogens (tertiary/aromatic N) is 5. The van der Waals surface area contributed by atoms with Crippen molar-refractivity contribution in [3.8, 4) is 0 Å². The second-order valence-electron chi connectivity index (χ2n) is 9.00. The summed E-state index contributed by atoms with van der Waals surface area (Å²) in [6, 6.07) is 10.5. The zero-order valence-electron chi connectivity index (χ0n) is 20.3. The number of carbonyl (C=O) groups is 1. The molecule has 0 atom stereocenters. The highest BCUT2D eigenvalue weighted by Crippen LogP contribution is 2.27. The second kappa shape index (κ2) is 9.03. The van der Waals surface area contributed by atoms with Crippen LogP contribution in [-0.4, -0.2) is 78.8 Å². The van der Waals surface area contributed by atoms with E-state index in [2.05, 4.69) is 30.4 Å². The Bertz CT molecular complexity index is 1650. The highest BCUT2D eigenvalue weighted by atomic mass is 32.2. The third kappa shape index (κ3) is 4.11. The number of sulfone groups is 1. The van der Waals surface area contributed by atoms with E-state index in [4.69, 9.17) is 0 Å². The standard InChI is InChI=1S/C24H27N7O4S/c1-15-4-7-20(16(2)12-15)36(34,35)24-22-26-23(33)18-6-5-17(13-19(18)31(22)28-27-24)30-10-8-29(9-11-30)14-21(32)25-3/h4-7,12-13,28H,8-11,14H2,1-3H3,(H,25,32). The first-order chi connectivity index (χ1) is 17.2. The van der Waals surface area contributed by atoms with E-state index in [1.54, 1.807) is 38.2 Å². The summed E-state index contributed by atoms with van der Waals surface area (Å²) in [5, 5.41) is 9.53. The molecule has 2 N–H and O–H groups in total. The number of aromatic amines is 1. The quantitative estimate of drug-likeness (QED) is 0.405. The molecule has 4 aromatic rings. The van der Waals surface area contributed by atoms with Gasteiger partial charge in [0.1, 0.15) is 0 Å². The summed E-state index contributed by atoms with van der Waals surface area (Å²) in [6.45, 7) is 6.83. The van der Waals surface area contributed by atoms with Gasteiger partial charge >= 0.3 is 0 Å². The number of fused-ring (bicyclic) bond motifs is 3. The van der Waals surface area contributed by atoms with Gasteiger partial charge in [-0.1, -0.05) is 17.7 Å². The predicted molar refractivity (Wildman–Crippen MR) is 135 cm³/mol. The molecule has 0 unspecified atom stereocenters. The predicted octanol–water partition coefficient (Wildman–Crippen LogP) is 0.888. The Morgan fingerprint density at radius 2 is 1.83 bits per heavy atom. The fraction of sp³-hybridized carbons (Fsp3) is 0.333. The molecular weight excluding hydrogens is 482 g/mol. The van der Waals surface area contributed by atoms with Crippen molar-refractivity contribution in [2.24, 2.45) is 0 Å². The smallest absolute Gasteiger partial charge is 0.281 e. The lowest BCUT2D eigenvalue weighted by molar-refractivity contribution is -0.121. The lowest BCUT2D eigenvalue weighted by Crippen LogP contribution is -2.49. The number of amides is 1. The number of carbonyl (C=O) groups excluding carboxylic acids is 1. The van der Waals surface area contributed by atoms with E-state index in [-0.39, 0.29) is 21.5 Å². The van der Waals surface area contributed by atoms with Crippen molar-refractivity contribution in [3.63, 3.8) is 0 Å². The zero-order valence-corrected chi connectivity index (χ0v) is 21.1. The molecule has 1 aliphatic heterocycles. The molecule has 36 heavy (non-hydrogen) atoms. The topological polar surface area (TPSA) is 133 Å². The van der Waals surface area contributed by atoms with Gasteiger partial charge in [-0.3, -0.25) is 14.5 Å². The van der Waals surface area contributed by atoms with Crippen molar-refractivity contribution < 1.29 is 13.2 Å². The van der Waals surface area contributed by atoms with Crippen LogP contribution in [-0.2, 0) is 14.6 Å². The Balaban J connectivity index is 1.54. The van der Waals surface area contributed by atoms with Crippen LogP contribution in [0.3, 0.4) is 0 Å². The van der Waals surface area contributed by atoms with Crippen molar-refractivity contribution in [1.29, 1.82) is 0 Å². The maximum absolute atomic E-state index is 13.5. The summed E-state index contributed by atoms with van der Waals surface area (Å²) >= 11 is 0. The first kappa shape index (κ1) is 23.9. The molecule has 11 nitrogen and oxygen atoms in total. The van der Waals surface area contributed by atoms with Gasteiger partial charge in [-0.05, 0) is 43.7 Å². The van der Waals surface area contributed by atoms with Crippen LogP contribution < -0.4 is 15.8 Å². The molecule has 12 heteroatoms. The van der Waals surface area contributed by atoms with Gasteiger partial charge in [0.05, 0.1) is 22.3 Å². The fourth-order valence-corrected chi connectivity index (χ4v) is 6.10. The average Bonchev–Trinajstić information content (AvgIpc) is 3.29. The fourth-order valence-electron chi connectivity index (χ4n) is 4.62. The lowest BCUT2D eigenvalue weighted by Gasteiger charge is -2.35. The molecular formula is C24H27N7O4S.